The maximum atomic E-state index is 12.3. The molecule has 0 N–H and O–H groups in total. The Bertz CT molecular complexity index is 479. The molecule has 88 valence electrons. The average Bonchev–Trinajstić information content (AvgIpc) is 2.17. The first-order valence-electron chi connectivity index (χ1n) is 4.63. The topological polar surface area (TPSA) is 34.9 Å². The van der Waals surface area contributed by atoms with Gasteiger partial charge in [-0.15, -0.1) is 12.1 Å². The van der Waals surface area contributed by atoms with Crippen molar-refractivity contribution in [1.29, 1.82) is 0 Å². The standard InChI is InChI=1S/C9H11BF3N2O/c1-6(10(11,12)13)4-15-5-14-8(3)7(2)9(15)16/h5H,1,4H2,2-3H3/q-1. The number of hydrogen-bond acceptors (Lipinski definition) is 2. The van der Waals surface area contributed by atoms with E-state index in [1.165, 1.54) is 6.92 Å². The molecule has 3 nitrogen and oxygen atoms in total. The van der Waals surface area contributed by atoms with Crippen LogP contribution in [0.5, 0.6) is 0 Å². The van der Waals surface area contributed by atoms with Crippen molar-refractivity contribution in [3.8, 4) is 0 Å². The highest BCUT2D eigenvalue weighted by Crippen LogP contribution is 2.18. The van der Waals surface area contributed by atoms with E-state index < -0.39 is 24.6 Å². The molecule has 0 saturated heterocycles. The summed E-state index contributed by atoms with van der Waals surface area (Å²) < 4.78 is 37.7. The minimum atomic E-state index is -5.11. The van der Waals surface area contributed by atoms with Gasteiger partial charge in [-0.2, -0.15) is 0 Å². The van der Waals surface area contributed by atoms with Crippen molar-refractivity contribution in [2.24, 2.45) is 0 Å². The highest BCUT2D eigenvalue weighted by atomic mass is 19.4. The van der Waals surface area contributed by atoms with Crippen molar-refractivity contribution in [3.05, 3.63) is 40.0 Å². The Hall–Kier alpha value is -1.53. The fourth-order valence-corrected chi connectivity index (χ4v) is 1.11. The van der Waals surface area contributed by atoms with Gasteiger partial charge in [-0.3, -0.25) is 9.36 Å². The summed E-state index contributed by atoms with van der Waals surface area (Å²) in [5.41, 5.74) is -0.504. The van der Waals surface area contributed by atoms with Gasteiger partial charge >= 0.3 is 6.98 Å². The van der Waals surface area contributed by atoms with E-state index in [0.717, 1.165) is 10.9 Å². The van der Waals surface area contributed by atoms with Gasteiger partial charge in [0, 0.05) is 17.8 Å². The molecule has 0 amide bonds. The lowest BCUT2D eigenvalue weighted by Crippen LogP contribution is -2.29. The third-order valence-corrected chi connectivity index (χ3v) is 2.35. The van der Waals surface area contributed by atoms with Crippen LogP contribution in [0.3, 0.4) is 0 Å². The normalized spacial score (nSPS) is 11.6. The zero-order valence-corrected chi connectivity index (χ0v) is 9.01. The number of halogens is 3. The largest absolute Gasteiger partial charge is 0.506 e. The van der Waals surface area contributed by atoms with E-state index in [1.54, 1.807) is 6.92 Å². The van der Waals surface area contributed by atoms with Crippen LogP contribution in [-0.4, -0.2) is 16.5 Å². The second-order valence-corrected chi connectivity index (χ2v) is 3.62. The van der Waals surface area contributed by atoms with Crippen molar-refractivity contribution in [1.82, 2.24) is 9.55 Å². The van der Waals surface area contributed by atoms with Crippen molar-refractivity contribution in [3.63, 3.8) is 0 Å². The van der Waals surface area contributed by atoms with E-state index in [9.17, 15) is 17.7 Å². The van der Waals surface area contributed by atoms with Crippen molar-refractivity contribution in [2.45, 2.75) is 20.4 Å². The van der Waals surface area contributed by atoms with E-state index in [2.05, 4.69) is 11.6 Å². The molecule has 0 fully saturated rings. The molecule has 1 aromatic heterocycles. The Kier molecular flexibility index (Phi) is 3.25. The van der Waals surface area contributed by atoms with Crippen molar-refractivity contribution < 1.29 is 12.9 Å². The Morgan fingerprint density at radius 2 is 2.06 bits per heavy atom. The third kappa shape index (κ3) is 2.53. The summed E-state index contributed by atoms with van der Waals surface area (Å²) >= 11 is 0. The van der Waals surface area contributed by atoms with Gasteiger partial charge in [0.05, 0.1) is 6.33 Å². The lowest BCUT2D eigenvalue weighted by molar-refractivity contribution is 0.481. The zero-order valence-electron chi connectivity index (χ0n) is 9.01. The van der Waals surface area contributed by atoms with Gasteiger partial charge in [-0.1, -0.05) is 0 Å². The summed E-state index contributed by atoms with van der Waals surface area (Å²) in [6.07, 6.45) is 1.11. The number of allylic oxidation sites excluding steroid dienone is 1. The Morgan fingerprint density at radius 1 is 1.50 bits per heavy atom. The Morgan fingerprint density at radius 3 is 2.56 bits per heavy atom. The Labute approximate surface area is 90.7 Å². The van der Waals surface area contributed by atoms with Crippen LogP contribution in [-0.2, 0) is 6.54 Å². The van der Waals surface area contributed by atoms with Crippen LogP contribution in [0.25, 0.3) is 0 Å². The summed E-state index contributed by atoms with van der Waals surface area (Å²) in [5.74, 6) is 0. The van der Waals surface area contributed by atoms with Gasteiger partial charge in [0.1, 0.15) is 0 Å². The fraction of sp³-hybridized carbons (Fsp3) is 0.333. The summed E-state index contributed by atoms with van der Waals surface area (Å²) in [6, 6.07) is 0. The average molecular weight is 231 g/mol. The van der Waals surface area contributed by atoms with Crippen molar-refractivity contribution >= 4 is 6.98 Å². The van der Waals surface area contributed by atoms with Crippen LogP contribution in [0, 0.1) is 13.8 Å². The second kappa shape index (κ2) is 4.15. The molecule has 0 unspecified atom stereocenters. The first-order chi connectivity index (χ1) is 7.23. The number of rotatable bonds is 3. The molecule has 1 rings (SSSR count). The van der Waals surface area contributed by atoms with E-state index >= 15 is 0 Å². The van der Waals surface area contributed by atoms with E-state index in [0.29, 0.717) is 11.3 Å². The smallest absolute Gasteiger partial charge is 0.445 e. The van der Waals surface area contributed by atoms with Crippen LogP contribution in [0.2, 0.25) is 0 Å². The molecule has 0 aliphatic carbocycles. The molecular weight excluding hydrogens is 220 g/mol. The van der Waals surface area contributed by atoms with E-state index in [1.807, 2.05) is 0 Å². The van der Waals surface area contributed by atoms with Gasteiger partial charge < -0.3 is 12.9 Å². The molecule has 0 aliphatic rings. The molecule has 0 aliphatic heterocycles. The highest BCUT2D eigenvalue weighted by molar-refractivity contribution is 6.66. The summed E-state index contributed by atoms with van der Waals surface area (Å²) in [5, 5.41) is 0. The molecule has 7 heteroatoms. The molecule has 0 bridgehead atoms. The molecule has 0 spiro atoms. The van der Waals surface area contributed by atoms with E-state index in [4.69, 9.17) is 0 Å². The summed E-state index contributed by atoms with van der Waals surface area (Å²) in [7, 11) is 0. The quantitative estimate of drug-likeness (QED) is 0.743. The number of hydrogen-bond donors (Lipinski definition) is 0. The van der Waals surface area contributed by atoms with Crippen LogP contribution in [0.4, 0.5) is 12.9 Å². The maximum absolute atomic E-state index is 12.3. The SMILES string of the molecule is C=C(Cn1cnc(C)c(C)c1=O)[B-](F)(F)F. The molecular formula is C9H11BF3N2O-. The molecule has 1 heterocycles. The second-order valence-electron chi connectivity index (χ2n) is 3.62. The van der Waals surface area contributed by atoms with Crippen LogP contribution < -0.4 is 5.56 Å². The summed E-state index contributed by atoms with van der Waals surface area (Å²) in [4.78, 5) is 15.4. The lowest BCUT2D eigenvalue weighted by atomic mass is 9.80. The minimum absolute atomic E-state index is 0.352. The highest BCUT2D eigenvalue weighted by Gasteiger charge is 2.26. The van der Waals surface area contributed by atoms with Gasteiger partial charge in [-0.25, -0.2) is 4.98 Å². The first kappa shape index (κ1) is 12.5. The Balaban J connectivity index is 3.05. The minimum Gasteiger partial charge on any atom is -0.445 e. The lowest BCUT2D eigenvalue weighted by Gasteiger charge is -2.18. The number of aromatic nitrogens is 2. The fourth-order valence-electron chi connectivity index (χ4n) is 1.11. The molecule has 16 heavy (non-hydrogen) atoms. The predicted octanol–water partition coefficient (Wildman–Crippen LogP) is 1.80. The number of nitrogens with zero attached hydrogens (tertiary/aromatic N) is 2. The van der Waals surface area contributed by atoms with Gasteiger partial charge in [0.15, 0.2) is 0 Å². The molecule has 0 aromatic carbocycles. The molecule has 0 radical (unpaired) electrons. The van der Waals surface area contributed by atoms with Gasteiger partial charge in [0.2, 0.25) is 0 Å². The van der Waals surface area contributed by atoms with Crippen molar-refractivity contribution in [2.75, 3.05) is 0 Å². The molecule has 0 saturated carbocycles. The zero-order chi connectivity index (χ0) is 12.5. The van der Waals surface area contributed by atoms with E-state index in [-0.39, 0.29) is 0 Å². The molecule has 1 aromatic rings. The first-order valence-corrected chi connectivity index (χ1v) is 4.63. The maximum Gasteiger partial charge on any atom is 0.506 e. The van der Waals surface area contributed by atoms with Gasteiger partial charge in [-0.05, 0) is 13.8 Å². The summed E-state index contributed by atoms with van der Waals surface area (Å²) in [6.45, 7) is 0.416. The number of aryl methyl sites for hydroxylation is 1. The molecule has 0 atom stereocenters. The van der Waals surface area contributed by atoms with Crippen LogP contribution in [0.15, 0.2) is 23.2 Å². The monoisotopic (exact) mass is 231 g/mol. The predicted molar refractivity (Wildman–Crippen MR) is 56.2 cm³/mol. The third-order valence-electron chi connectivity index (χ3n) is 2.35. The van der Waals surface area contributed by atoms with Crippen LogP contribution in [0.1, 0.15) is 11.3 Å². The van der Waals surface area contributed by atoms with Crippen LogP contribution >= 0.6 is 0 Å². The van der Waals surface area contributed by atoms with Gasteiger partial charge in [0.25, 0.3) is 5.56 Å².